The SMILES string of the molecule is CC1=CN(C(=S)Nc2ccccc2)C(C)CN1C(=S)Nc1ccccc1. The van der Waals surface area contributed by atoms with Gasteiger partial charge in [-0.25, -0.2) is 0 Å². The van der Waals surface area contributed by atoms with E-state index in [-0.39, 0.29) is 6.04 Å². The van der Waals surface area contributed by atoms with Gasteiger partial charge in [0, 0.05) is 29.8 Å². The van der Waals surface area contributed by atoms with Crippen molar-refractivity contribution in [2.24, 2.45) is 0 Å². The maximum atomic E-state index is 5.60. The molecule has 1 heterocycles. The highest BCUT2D eigenvalue weighted by Gasteiger charge is 2.26. The Balaban J connectivity index is 1.69. The molecule has 4 nitrogen and oxygen atoms in total. The predicted molar refractivity (Wildman–Crippen MR) is 117 cm³/mol. The van der Waals surface area contributed by atoms with E-state index < -0.39 is 0 Å². The quantitative estimate of drug-likeness (QED) is 0.736. The van der Waals surface area contributed by atoms with Crippen LogP contribution in [0.4, 0.5) is 11.4 Å². The number of hydrogen-bond acceptors (Lipinski definition) is 2. The Hall–Kier alpha value is -2.44. The van der Waals surface area contributed by atoms with Crippen molar-refractivity contribution >= 4 is 46.0 Å². The first kappa shape index (κ1) is 18.4. The Morgan fingerprint density at radius 3 is 1.92 bits per heavy atom. The van der Waals surface area contributed by atoms with E-state index in [4.69, 9.17) is 24.4 Å². The molecule has 0 aromatic heterocycles. The standard InChI is InChI=1S/C20H22N4S2/c1-15-13-24(20(26)22-18-11-7-4-8-12-18)16(2)14-23(15)19(25)21-17-9-5-3-6-10-17/h3-13,16H,14H2,1-2H3,(H,21,25)(H,22,26). The second-order valence-corrected chi connectivity index (χ2v) is 7.00. The number of anilines is 2. The molecule has 2 aromatic carbocycles. The lowest BCUT2D eigenvalue weighted by molar-refractivity contribution is 0.313. The molecule has 1 unspecified atom stereocenters. The molecule has 0 saturated carbocycles. The molecule has 134 valence electrons. The Labute approximate surface area is 165 Å². The van der Waals surface area contributed by atoms with Crippen LogP contribution in [0.2, 0.25) is 0 Å². The van der Waals surface area contributed by atoms with E-state index >= 15 is 0 Å². The minimum Gasteiger partial charge on any atom is -0.332 e. The van der Waals surface area contributed by atoms with Crippen molar-refractivity contribution in [2.45, 2.75) is 19.9 Å². The second-order valence-electron chi connectivity index (χ2n) is 6.23. The van der Waals surface area contributed by atoms with Crippen LogP contribution in [0.1, 0.15) is 13.8 Å². The van der Waals surface area contributed by atoms with Crippen LogP contribution in [0.5, 0.6) is 0 Å². The molecule has 0 aliphatic carbocycles. The van der Waals surface area contributed by atoms with E-state index in [0.717, 1.165) is 23.6 Å². The van der Waals surface area contributed by atoms with Crippen LogP contribution < -0.4 is 10.6 Å². The summed E-state index contributed by atoms with van der Waals surface area (Å²) in [5.74, 6) is 0. The van der Waals surface area contributed by atoms with Crippen LogP contribution in [-0.2, 0) is 0 Å². The first-order chi connectivity index (χ1) is 12.5. The Morgan fingerprint density at radius 1 is 0.885 bits per heavy atom. The topological polar surface area (TPSA) is 30.5 Å². The highest BCUT2D eigenvalue weighted by molar-refractivity contribution is 7.80. The van der Waals surface area contributed by atoms with Crippen molar-refractivity contribution < 1.29 is 0 Å². The summed E-state index contributed by atoms with van der Waals surface area (Å²) in [6, 6.07) is 20.1. The van der Waals surface area contributed by atoms with Crippen LogP contribution in [0.15, 0.2) is 72.6 Å². The Bertz CT molecular complexity index is 805. The largest absolute Gasteiger partial charge is 0.332 e. The van der Waals surface area contributed by atoms with Gasteiger partial charge in [-0.2, -0.15) is 0 Å². The summed E-state index contributed by atoms with van der Waals surface area (Å²) >= 11 is 11.2. The van der Waals surface area contributed by atoms with Crippen molar-refractivity contribution in [2.75, 3.05) is 17.2 Å². The van der Waals surface area contributed by atoms with Gasteiger partial charge in [-0.05, 0) is 62.5 Å². The average Bonchev–Trinajstić information content (AvgIpc) is 2.64. The number of thiocarbonyl (C=S) groups is 2. The lowest BCUT2D eigenvalue weighted by Gasteiger charge is -2.40. The van der Waals surface area contributed by atoms with Crippen LogP contribution in [0, 0.1) is 0 Å². The first-order valence-electron chi connectivity index (χ1n) is 8.51. The molecule has 3 rings (SSSR count). The predicted octanol–water partition coefficient (Wildman–Crippen LogP) is 4.65. The molecule has 0 amide bonds. The minimum atomic E-state index is 0.193. The monoisotopic (exact) mass is 382 g/mol. The maximum absolute atomic E-state index is 5.60. The van der Waals surface area contributed by atoms with Crippen molar-refractivity contribution in [3.63, 3.8) is 0 Å². The van der Waals surface area contributed by atoms with E-state index in [1.165, 1.54) is 0 Å². The molecule has 2 aromatic rings. The molecule has 0 bridgehead atoms. The smallest absolute Gasteiger partial charge is 0.177 e. The lowest BCUT2D eigenvalue weighted by Crippen LogP contribution is -2.50. The molecule has 0 radical (unpaired) electrons. The zero-order chi connectivity index (χ0) is 18.5. The molecular weight excluding hydrogens is 360 g/mol. The van der Waals surface area contributed by atoms with Gasteiger partial charge in [0.05, 0.1) is 6.04 Å². The number of allylic oxidation sites excluding steroid dienone is 1. The number of nitrogens with one attached hydrogen (secondary N) is 2. The van der Waals surface area contributed by atoms with Gasteiger partial charge in [0.1, 0.15) is 0 Å². The fourth-order valence-corrected chi connectivity index (χ4v) is 3.51. The zero-order valence-electron chi connectivity index (χ0n) is 14.8. The van der Waals surface area contributed by atoms with E-state index in [9.17, 15) is 0 Å². The molecule has 6 heteroatoms. The molecular formula is C20H22N4S2. The molecule has 0 saturated heterocycles. The van der Waals surface area contributed by atoms with E-state index in [1.54, 1.807) is 0 Å². The van der Waals surface area contributed by atoms with Crippen LogP contribution in [0.25, 0.3) is 0 Å². The summed E-state index contributed by atoms with van der Waals surface area (Å²) in [7, 11) is 0. The molecule has 1 atom stereocenters. The molecule has 0 spiro atoms. The van der Waals surface area contributed by atoms with Gasteiger partial charge in [-0.1, -0.05) is 36.4 Å². The van der Waals surface area contributed by atoms with Gasteiger partial charge < -0.3 is 20.4 Å². The van der Waals surface area contributed by atoms with Crippen molar-refractivity contribution in [3.8, 4) is 0 Å². The van der Waals surface area contributed by atoms with Crippen molar-refractivity contribution in [1.29, 1.82) is 0 Å². The molecule has 26 heavy (non-hydrogen) atoms. The van der Waals surface area contributed by atoms with Crippen molar-refractivity contribution in [3.05, 3.63) is 72.6 Å². The van der Waals surface area contributed by atoms with Gasteiger partial charge >= 0.3 is 0 Å². The summed E-state index contributed by atoms with van der Waals surface area (Å²) in [5, 5.41) is 7.97. The average molecular weight is 383 g/mol. The van der Waals surface area contributed by atoms with Crippen molar-refractivity contribution in [1.82, 2.24) is 9.80 Å². The van der Waals surface area contributed by atoms with Gasteiger partial charge in [0.15, 0.2) is 10.2 Å². The molecule has 1 aliphatic rings. The highest BCUT2D eigenvalue weighted by atomic mass is 32.1. The third-order valence-corrected chi connectivity index (χ3v) is 4.84. The molecule has 0 fully saturated rings. The number of benzene rings is 2. The summed E-state index contributed by atoms with van der Waals surface area (Å²) in [6.45, 7) is 4.95. The summed E-state index contributed by atoms with van der Waals surface area (Å²) in [6.07, 6.45) is 2.05. The van der Waals surface area contributed by atoms with Gasteiger partial charge in [-0.15, -0.1) is 0 Å². The number of hydrogen-bond donors (Lipinski definition) is 2. The highest BCUT2D eigenvalue weighted by Crippen LogP contribution is 2.20. The summed E-state index contributed by atoms with van der Waals surface area (Å²) in [4.78, 5) is 4.19. The summed E-state index contributed by atoms with van der Waals surface area (Å²) < 4.78 is 0. The van der Waals surface area contributed by atoms with Gasteiger partial charge in [0.25, 0.3) is 0 Å². The molecule has 1 aliphatic heterocycles. The maximum Gasteiger partial charge on any atom is 0.177 e. The van der Waals surface area contributed by atoms with Gasteiger partial charge in [0.2, 0.25) is 0 Å². The second kappa shape index (κ2) is 8.29. The first-order valence-corrected chi connectivity index (χ1v) is 9.32. The molecule has 2 N–H and O–H groups in total. The third kappa shape index (κ3) is 4.39. The van der Waals surface area contributed by atoms with E-state index in [1.807, 2.05) is 73.8 Å². The lowest BCUT2D eigenvalue weighted by atomic mass is 10.2. The Morgan fingerprint density at radius 2 is 1.38 bits per heavy atom. The van der Waals surface area contributed by atoms with E-state index in [2.05, 4.69) is 27.4 Å². The third-order valence-electron chi connectivity index (χ3n) is 4.20. The van der Waals surface area contributed by atoms with Crippen LogP contribution in [-0.4, -0.2) is 32.6 Å². The fraction of sp³-hybridized carbons (Fsp3) is 0.200. The van der Waals surface area contributed by atoms with E-state index in [0.29, 0.717) is 10.2 Å². The Kier molecular flexibility index (Phi) is 5.85. The number of nitrogens with zero attached hydrogens (tertiary/aromatic N) is 2. The normalized spacial score (nSPS) is 16.7. The van der Waals surface area contributed by atoms with Gasteiger partial charge in [-0.3, -0.25) is 0 Å². The summed E-state index contributed by atoms with van der Waals surface area (Å²) in [5.41, 5.74) is 3.02. The fourth-order valence-electron chi connectivity index (χ4n) is 2.82. The van der Waals surface area contributed by atoms with Crippen LogP contribution in [0.3, 0.4) is 0 Å². The minimum absolute atomic E-state index is 0.193. The number of rotatable bonds is 2. The zero-order valence-corrected chi connectivity index (χ0v) is 16.5. The number of para-hydroxylation sites is 2. The van der Waals surface area contributed by atoms with Crippen LogP contribution >= 0.6 is 24.4 Å².